The fraction of sp³-hybridized carbons (Fsp3) is 0.174. The molecule has 0 fully saturated rings. The van der Waals surface area contributed by atoms with Gasteiger partial charge in [-0.15, -0.1) is 0 Å². The zero-order valence-corrected chi connectivity index (χ0v) is 28.3. The van der Waals surface area contributed by atoms with Crippen molar-refractivity contribution in [3.05, 3.63) is 161 Å². The van der Waals surface area contributed by atoms with Crippen LogP contribution in [0, 0.1) is 34.0 Å². The van der Waals surface area contributed by atoms with E-state index in [1.165, 1.54) is 33.4 Å². The maximum Gasteiger partial charge on any atom is 0.102 e. The summed E-state index contributed by atoms with van der Waals surface area (Å²) >= 11 is 0. The van der Waals surface area contributed by atoms with Gasteiger partial charge < -0.3 is 9.47 Å². The van der Waals surface area contributed by atoms with Gasteiger partial charge in [0.1, 0.15) is 6.07 Å². The van der Waals surface area contributed by atoms with E-state index < -0.39 is 0 Å². The van der Waals surface area contributed by atoms with Crippen LogP contribution in [0.5, 0.6) is 0 Å². The summed E-state index contributed by atoms with van der Waals surface area (Å²) in [4.78, 5) is 2.39. The van der Waals surface area contributed by atoms with E-state index in [-0.39, 0.29) is 11.5 Å². The van der Waals surface area contributed by atoms with E-state index >= 15 is 0 Å². The molecule has 240 valence electrons. The molecule has 9 rings (SSSR count). The van der Waals surface area contributed by atoms with E-state index in [2.05, 4.69) is 145 Å². The number of hydrogen-bond acceptors (Lipinski definition) is 3. The van der Waals surface area contributed by atoms with E-state index in [9.17, 15) is 10.5 Å². The van der Waals surface area contributed by atoms with Crippen molar-refractivity contribution in [3.63, 3.8) is 0 Å². The van der Waals surface area contributed by atoms with Crippen LogP contribution in [0.15, 0.2) is 139 Å². The second-order valence-corrected chi connectivity index (χ2v) is 14.1. The maximum absolute atomic E-state index is 10.9. The van der Waals surface area contributed by atoms with Gasteiger partial charge in [0.05, 0.1) is 40.1 Å². The number of rotatable bonds is 4. The normalized spacial score (nSPS) is 21.6. The highest BCUT2D eigenvalue weighted by Gasteiger charge is 2.48. The molecule has 4 heteroatoms. The molecule has 3 atom stereocenters. The Balaban J connectivity index is 1.22. The molecule has 0 radical (unpaired) electrons. The first-order chi connectivity index (χ1) is 24.5. The molecule has 3 aliphatic carbocycles. The summed E-state index contributed by atoms with van der Waals surface area (Å²) in [6.45, 7) is 4.57. The average Bonchev–Trinajstić information content (AvgIpc) is 3.63. The molecule has 4 aromatic carbocycles. The molecular weight excluding hydrogens is 609 g/mol. The molecule has 0 saturated carbocycles. The van der Waals surface area contributed by atoms with Crippen LogP contribution in [0.3, 0.4) is 0 Å². The molecular formula is C46H36N4. The number of benzene rings is 4. The Morgan fingerprint density at radius 3 is 2.50 bits per heavy atom. The summed E-state index contributed by atoms with van der Waals surface area (Å²) in [7, 11) is 0. The van der Waals surface area contributed by atoms with Gasteiger partial charge in [-0.25, -0.2) is 0 Å². The third-order valence-corrected chi connectivity index (χ3v) is 11.2. The first kappa shape index (κ1) is 30.0. The lowest BCUT2D eigenvalue weighted by Crippen LogP contribution is -2.39. The van der Waals surface area contributed by atoms with Gasteiger partial charge in [-0.3, -0.25) is 0 Å². The first-order valence-corrected chi connectivity index (χ1v) is 17.5. The van der Waals surface area contributed by atoms with Crippen molar-refractivity contribution in [1.29, 1.82) is 10.5 Å². The fourth-order valence-corrected chi connectivity index (χ4v) is 8.83. The van der Waals surface area contributed by atoms with Crippen LogP contribution in [-0.4, -0.2) is 10.6 Å². The van der Waals surface area contributed by atoms with Crippen molar-refractivity contribution >= 4 is 22.7 Å². The minimum atomic E-state index is -0.180. The highest BCUT2D eigenvalue weighted by atomic mass is 15.2. The zero-order chi connectivity index (χ0) is 34.0. The van der Waals surface area contributed by atoms with Crippen molar-refractivity contribution in [2.45, 2.75) is 39.2 Å². The lowest BCUT2D eigenvalue weighted by molar-refractivity contribution is 0.484. The molecule has 4 nitrogen and oxygen atoms in total. The van der Waals surface area contributed by atoms with E-state index in [0.29, 0.717) is 17.0 Å². The highest BCUT2D eigenvalue weighted by molar-refractivity contribution is 5.93. The van der Waals surface area contributed by atoms with Gasteiger partial charge in [0.25, 0.3) is 0 Å². The molecule has 2 heterocycles. The number of anilines is 1. The standard InChI is InChI=1S/C46H36N4/c1-30-21-24-43-37(26-30)35-13-4-7-17-41(35)49(43)40-16-6-3-12-33(40)31-22-23-32(28-47)36(27-31)34-14-11-19-42(38(34)29-48)50-44-18-8-5-15-39(44)46(2)25-10-9-20-45(46)50/h3-7,9-17,19-25,27,30,45H,8,18,26H2,1-2H3. The van der Waals surface area contributed by atoms with Crippen LogP contribution in [0.4, 0.5) is 5.69 Å². The first-order valence-electron chi connectivity index (χ1n) is 17.5. The molecule has 4 aliphatic rings. The summed E-state index contributed by atoms with van der Waals surface area (Å²) in [5.74, 6) is 0.487. The van der Waals surface area contributed by atoms with Crippen LogP contribution in [0.25, 0.3) is 44.9 Å². The van der Waals surface area contributed by atoms with Crippen molar-refractivity contribution in [2.24, 2.45) is 11.3 Å². The predicted molar refractivity (Wildman–Crippen MR) is 204 cm³/mol. The number of para-hydroxylation sites is 2. The Bertz CT molecular complexity index is 2490. The SMILES string of the molecule is CC1C=Cc2c(c3ccccc3n2-c2ccccc2-c2ccc(C#N)c(-c3cccc(N4C5=C(C=CCC5)C5(C)C=CC=CC45)c3C#N)c2)C1. The smallest absolute Gasteiger partial charge is 0.102 e. The van der Waals surface area contributed by atoms with Crippen molar-refractivity contribution < 1.29 is 0 Å². The Morgan fingerprint density at radius 1 is 0.800 bits per heavy atom. The van der Waals surface area contributed by atoms with Crippen LogP contribution in [0.2, 0.25) is 0 Å². The molecule has 0 spiro atoms. The Kier molecular flexibility index (Phi) is 6.90. The topological polar surface area (TPSA) is 55.8 Å². The van der Waals surface area contributed by atoms with Crippen LogP contribution < -0.4 is 4.90 Å². The number of allylic oxidation sites excluding steroid dienone is 6. The summed E-state index contributed by atoms with van der Waals surface area (Å²) in [5.41, 5.74) is 13.0. The van der Waals surface area contributed by atoms with E-state index in [1.54, 1.807) is 0 Å². The average molecular weight is 645 g/mol. The molecule has 1 aliphatic heterocycles. The van der Waals surface area contributed by atoms with Crippen LogP contribution in [0.1, 0.15) is 49.1 Å². The van der Waals surface area contributed by atoms with Gasteiger partial charge in [0, 0.05) is 38.9 Å². The van der Waals surface area contributed by atoms with Gasteiger partial charge in [-0.2, -0.15) is 10.5 Å². The highest BCUT2D eigenvalue weighted by Crippen LogP contribution is 2.53. The number of nitrogens with zero attached hydrogens (tertiary/aromatic N) is 4. The predicted octanol–water partition coefficient (Wildman–Crippen LogP) is 10.8. The molecule has 50 heavy (non-hydrogen) atoms. The Morgan fingerprint density at radius 2 is 1.62 bits per heavy atom. The van der Waals surface area contributed by atoms with E-state index in [0.717, 1.165) is 52.9 Å². The van der Waals surface area contributed by atoms with Gasteiger partial charge >= 0.3 is 0 Å². The quantitative estimate of drug-likeness (QED) is 0.196. The maximum atomic E-state index is 10.9. The zero-order valence-electron chi connectivity index (χ0n) is 28.3. The molecule has 0 saturated heterocycles. The number of nitriles is 2. The number of aromatic nitrogens is 1. The van der Waals surface area contributed by atoms with Crippen LogP contribution >= 0.6 is 0 Å². The van der Waals surface area contributed by atoms with Gasteiger partial charge in [-0.05, 0) is 85.2 Å². The third-order valence-electron chi connectivity index (χ3n) is 11.2. The molecule has 1 aromatic heterocycles. The largest absolute Gasteiger partial charge is 0.336 e. The lowest BCUT2D eigenvalue weighted by Gasteiger charge is -2.36. The Labute approximate surface area is 293 Å². The number of fused-ring (bicyclic) bond motifs is 5. The van der Waals surface area contributed by atoms with Crippen molar-refractivity contribution in [3.8, 4) is 40.1 Å². The van der Waals surface area contributed by atoms with Crippen LogP contribution in [-0.2, 0) is 6.42 Å². The van der Waals surface area contributed by atoms with Gasteiger partial charge in [0.2, 0.25) is 0 Å². The second-order valence-electron chi connectivity index (χ2n) is 14.1. The summed E-state index contributed by atoms with van der Waals surface area (Å²) < 4.78 is 2.39. The van der Waals surface area contributed by atoms with Crippen molar-refractivity contribution in [2.75, 3.05) is 4.90 Å². The molecule has 5 aromatic rings. The monoisotopic (exact) mass is 644 g/mol. The summed E-state index contributed by atoms with van der Waals surface area (Å²) in [6.07, 6.45) is 20.9. The molecule has 0 bridgehead atoms. The molecule has 0 N–H and O–H groups in total. The lowest BCUT2D eigenvalue weighted by atomic mass is 9.74. The number of hydrogen-bond donors (Lipinski definition) is 0. The molecule has 3 unspecified atom stereocenters. The fourth-order valence-electron chi connectivity index (χ4n) is 8.83. The van der Waals surface area contributed by atoms with Gasteiger partial charge in [-0.1, -0.05) is 104 Å². The second kappa shape index (κ2) is 11.5. The molecule has 0 amide bonds. The summed E-state index contributed by atoms with van der Waals surface area (Å²) in [5, 5.41) is 22.6. The minimum Gasteiger partial charge on any atom is -0.336 e. The van der Waals surface area contributed by atoms with Gasteiger partial charge in [0.15, 0.2) is 0 Å². The minimum absolute atomic E-state index is 0.0654. The van der Waals surface area contributed by atoms with E-state index in [1.807, 2.05) is 24.3 Å². The Hall–Kier alpha value is -6.10. The van der Waals surface area contributed by atoms with E-state index in [4.69, 9.17) is 0 Å². The summed E-state index contributed by atoms with van der Waals surface area (Å²) in [6, 6.07) is 34.5. The third kappa shape index (κ3) is 4.35. The van der Waals surface area contributed by atoms with Crippen molar-refractivity contribution in [1.82, 2.24) is 4.57 Å².